The monoisotopic (exact) mass is 467 g/mol. The van der Waals surface area contributed by atoms with Crippen LogP contribution in [0.2, 0.25) is 0 Å². The van der Waals surface area contributed by atoms with Crippen LogP contribution in [-0.4, -0.2) is 18.2 Å². The largest absolute Gasteiger partial charge is 0.378 e. The molecular formula is C30H33N3O2. The highest BCUT2D eigenvalue weighted by atomic mass is 16.2. The van der Waals surface area contributed by atoms with Crippen molar-refractivity contribution in [2.45, 2.75) is 32.9 Å². The van der Waals surface area contributed by atoms with Gasteiger partial charge in [0.2, 0.25) is 0 Å². The second kappa shape index (κ2) is 12.4. The molecule has 1 unspecified atom stereocenters. The van der Waals surface area contributed by atoms with E-state index in [-0.39, 0.29) is 23.4 Å². The molecule has 0 fully saturated rings. The molecule has 0 spiro atoms. The highest BCUT2D eigenvalue weighted by molar-refractivity contribution is 5.92. The van der Waals surface area contributed by atoms with Crippen molar-refractivity contribution in [3.63, 3.8) is 0 Å². The Balaban J connectivity index is 1.60. The van der Waals surface area contributed by atoms with Crippen molar-refractivity contribution in [2.75, 3.05) is 6.54 Å². The number of hydrogen-bond donors (Lipinski definition) is 3. The normalized spacial score (nSPS) is 11.7. The van der Waals surface area contributed by atoms with Gasteiger partial charge in [0.15, 0.2) is 5.78 Å². The van der Waals surface area contributed by atoms with E-state index in [1.54, 1.807) is 6.08 Å². The van der Waals surface area contributed by atoms with Gasteiger partial charge in [0.1, 0.15) is 0 Å². The first-order valence-corrected chi connectivity index (χ1v) is 11.8. The van der Waals surface area contributed by atoms with Crippen molar-refractivity contribution in [3.8, 4) is 0 Å². The molecule has 0 saturated heterocycles. The van der Waals surface area contributed by atoms with E-state index in [2.05, 4.69) is 72.4 Å². The standard InChI is InChI=1S/C30H33N3O2/c1-21(34)12-9-10-19-31-30(35)24(4)32-20-26-14-6-7-16-27(26)22(2)33-23(3)28-18-11-15-25-13-5-8-17-29(25)28/h5-9,11-18,23,32-33H,2,4,10,19-20H2,1,3H3,(H,31,35)/b12-9+. The minimum absolute atomic E-state index is 0.0105. The second-order valence-corrected chi connectivity index (χ2v) is 8.46. The molecule has 0 aliphatic rings. The Morgan fingerprint density at radius 3 is 2.46 bits per heavy atom. The molecule has 3 rings (SSSR count). The number of rotatable bonds is 12. The van der Waals surface area contributed by atoms with E-state index in [0.717, 1.165) is 16.8 Å². The maximum absolute atomic E-state index is 12.3. The third kappa shape index (κ3) is 7.18. The predicted molar refractivity (Wildman–Crippen MR) is 144 cm³/mol. The maximum Gasteiger partial charge on any atom is 0.266 e. The third-order valence-electron chi connectivity index (χ3n) is 5.74. The SMILES string of the molecule is C=C(NCc1ccccc1C(=C)NC(C)c1cccc2ccccc12)C(=O)NCC/C=C/C(C)=O. The second-order valence-electron chi connectivity index (χ2n) is 8.46. The molecule has 1 atom stereocenters. The summed E-state index contributed by atoms with van der Waals surface area (Å²) in [6.45, 7) is 12.6. The molecule has 3 N–H and O–H groups in total. The van der Waals surface area contributed by atoms with Crippen LogP contribution in [0.1, 0.15) is 43.0 Å². The van der Waals surface area contributed by atoms with Gasteiger partial charge >= 0.3 is 0 Å². The summed E-state index contributed by atoms with van der Waals surface area (Å²) in [5.41, 5.74) is 4.30. The summed E-state index contributed by atoms with van der Waals surface area (Å²) in [4.78, 5) is 23.2. The minimum Gasteiger partial charge on any atom is -0.378 e. The first-order chi connectivity index (χ1) is 16.9. The van der Waals surface area contributed by atoms with Crippen molar-refractivity contribution in [1.29, 1.82) is 0 Å². The molecule has 5 nitrogen and oxygen atoms in total. The van der Waals surface area contributed by atoms with E-state index in [9.17, 15) is 9.59 Å². The van der Waals surface area contributed by atoms with Gasteiger partial charge in [0.25, 0.3) is 5.91 Å². The molecule has 0 aliphatic carbocycles. The number of ketones is 1. The van der Waals surface area contributed by atoms with Gasteiger partial charge in [-0.3, -0.25) is 9.59 Å². The van der Waals surface area contributed by atoms with E-state index in [1.165, 1.54) is 29.3 Å². The summed E-state index contributed by atoms with van der Waals surface area (Å²) in [7, 11) is 0. The number of benzene rings is 3. The molecule has 5 heteroatoms. The Morgan fingerprint density at radius 1 is 0.943 bits per heavy atom. The molecule has 3 aromatic rings. The van der Waals surface area contributed by atoms with Crippen LogP contribution in [0.25, 0.3) is 16.5 Å². The number of carbonyl (C=O) groups excluding carboxylic acids is 2. The van der Waals surface area contributed by atoms with Gasteiger partial charge in [-0.05, 0) is 48.2 Å². The molecule has 0 radical (unpaired) electrons. The lowest BCUT2D eigenvalue weighted by Crippen LogP contribution is -2.31. The quantitative estimate of drug-likeness (QED) is 0.246. The van der Waals surface area contributed by atoms with Crippen LogP contribution in [0, 0.1) is 0 Å². The summed E-state index contributed by atoms with van der Waals surface area (Å²) in [6, 6.07) is 22.7. The minimum atomic E-state index is -0.264. The Labute approximate surface area is 207 Å². The van der Waals surface area contributed by atoms with Gasteiger partial charge in [-0.1, -0.05) is 86.0 Å². The van der Waals surface area contributed by atoms with E-state index in [1.807, 2.05) is 30.3 Å². The summed E-state index contributed by atoms with van der Waals surface area (Å²) in [5.74, 6) is -0.274. The number of fused-ring (bicyclic) bond motifs is 1. The van der Waals surface area contributed by atoms with Gasteiger partial charge in [-0.15, -0.1) is 0 Å². The number of nitrogens with one attached hydrogen (secondary N) is 3. The van der Waals surface area contributed by atoms with Crippen molar-refractivity contribution in [1.82, 2.24) is 16.0 Å². The molecule has 0 bridgehead atoms. The van der Waals surface area contributed by atoms with E-state index in [0.29, 0.717) is 19.5 Å². The Hall–Kier alpha value is -4.12. The summed E-state index contributed by atoms with van der Waals surface area (Å²) >= 11 is 0. The zero-order valence-corrected chi connectivity index (χ0v) is 20.4. The van der Waals surface area contributed by atoms with Gasteiger partial charge in [-0.2, -0.15) is 0 Å². The number of carbonyl (C=O) groups is 2. The van der Waals surface area contributed by atoms with Gasteiger partial charge in [0, 0.05) is 30.4 Å². The molecule has 3 aromatic carbocycles. The zero-order chi connectivity index (χ0) is 25.2. The van der Waals surface area contributed by atoms with Crippen LogP contribution in [0.15, 0.2) is 97.7 Å². The first-order valence-electron chi connectivity index (χ1n) is 11.8. The Morgan fingerprint density at radius 2 is 1.66 bits per heavy atom. The predicted octanol–water partition coefficient (Wildman–Crippen LogP) is 5.42. The molecule has 35 heavy (non-hydrogen) atoms. The van der Waals surface area contributed by atoms with E-state index >= 15 is 0 Å². The summed E-state index contributed by atoms with van der Waals surface area (Å²) in [6.07, 6.45) is 3.83. The van der Waals surface area contributed by atoms with Crippen LogP contribution in [0.3, 0.4) is 0 Å². The zero-order valence-electron chi connectivity index (χ0n) is 20.4. The fourth-order valence-corrected chi connectivity index (χ4v) is 3.92. The molecule has 0 aromatic heterocycles. The average molecular weight is 468 g/mol. The lowest BCUT2D eigenvalue weighted by atomic mass is 9.98. The summed E-state index contributed by atoms with van der Waals surface area (Å²) in [5, 5.41) is 11.9. The fourth-order valence-electron chi connectivity index (χ4n) is 3.92. The highest BCUT2D eigenvalue weighted by Gasteiger charge is 2.13. The molecule has 0 aliphatic heterocycles. The Bertz CT molecular complexity index is 1250. The summed E-state index contributed by atoms with van der Waals surface area (Å²) < 4.78 is 0. The van der Waals surface area contributed by atoms with Crippen LogP contribution >= 0.6 is 0 Å². The van der Waals surface area contributed by atoms with Gasteiger partial charge < -0.3 is 16.0 Å². The smallest absolute Gasteiger partial charge is 0.266 e. The van der Waals surface area contributed by atoms with Crippen LogP contribution in [0.5, 0.6) is 0 Å². The molecule has 0 heterocycles. The van der Waals surface area contributed by atoms with E-state index in [4.69, 9.17) is 0 Å². The number of allylic oxidation sites excluding steroid dienone is 1. The van der Waals surface area contributed by atoms with Crippen LogP contribution < -0.4 is 16.0 Å². The number of hydrogen-bond acceptors (Lipinski definition) is 4. The van der Waals surface area contributed by atoms with E-state index < -0.39 is 0 Å². The topological polar surface area (TPSA) is 70.2 Å². The number of amides is 1. The van der Waals surface area contributed by atoms with Crippen molar-refractivity contribution >= 4 is 28.2 Å². The van der Waals surface area contributed by atoms with Crippen molar-refractivity contribution in [2.24, 2.45) is 0 Å². The van der Waals surface area contributed by atoms with Crippen molar-refractivity contribution in [3.05, 3.63) is 114 Å². The molecule has 1 amide bonds. The van der Waals surface area contributed by atoms with Crippen LogP contribution in [-0.2, 0) is 16.1 Å². The first kappa shape index (κ1) is 25.5. The van der Waals surface area contributed by atoms with Gasteiger partial charge in [-0.25, -0.2) is 0 Å². The fraction of sp³-hybridized carbons (Fsp3) is 0.200. The molecular weight excluding hydrogens is 434 g/mol. The van der Waals surface area contributed by atoms with Crippen molar-refractivity contribution < 1.29 is 9.59 Å². The maximum atomic E-state index is 12.3. The third-order valence-corrected chi connectivity index (χ3v) is 5.74. The average Bonchev–Trinajstić information content (AvgIpc) is 2.86. The van der Waals surface area contributed by atoms with Crippen LogP contribution in [0.4, 0.5) is 0 Å². The molecule has 0 saturated carbocycles. The lowest BCUT2D eigenvalue weighted by molar-refractivity contribution is -0.117. The lowest BCUT2D eigenvalue weighted by Gasteiger charge is -2.21. The van der Waals surface area contributed by atoms with Gasteiger partial charge in [0.05, 0.1) is 5.70 Å². The highest BCUT2D eigenvalue weighted by Crippen LogP contribution is 2.26. The molecule has 180 valence electrons. The Kier molecular flexibility index (Phi) is 9.02.